The lowest BCUT2D eigenvalue weighted by Gasteiger charge is -2.11. The summed E-state index contributed by atoms with van der Waals surface area (Å²) in [5.41, 5.74) is 5.86. The average molecular weight is 370 g/mol. The Balaban J connectivity index is 1.56. The minimum atomic E-state index is -0.0937. The number of fused-ring (bicyclic) bond motifs is 1. The largest absolute Gasteiger partial charge is 0.488 e. The van der Waals surface area contributed by atoms with Gasteiger partial charge in [0.2, 0.25) is 5.78 Å². The fourth-order valence-corrected chi connectivity index (χ4v) is 3.18. The van der Waals surface area contributed by atoms with Gasteiger partial charge in [-0.15, -0.1) is 0 Å². The van der Waals surface area contributed by atoms with Crippen LogP contribution in [-0.4, -0.2) is 5.78 Å². The van der Waals surface area contributed by atoms with Gasteiger partial charge in [-0.05, 0) is 50.1 Å². The van der Waals surface area contributed by atoms with Gasteiger partial charge in [-0.25, -0.2) is 0 Å². The number of benzene rings is 3. The topological polar surface area (TPSA) is 35.5 Å². The number of ketones is 1. The third-order valence-corrected chi connectivity index (χ3v) is 4.93. The fraction of sp³-hybridized carbons (Fsp3) is 0.160. The predicted octanol–water partition coefficient (Wildman–Crippen LogP) is 5.81. The Labute approximate surface area is 165 Å². The molecule has 0 bridgehead atoms. The molecule has 0 aliphatic carbocycles. The zero-order valence-corrected chi connectivity index (χ0v) is 16.3. The van der Waals surface area contributed by atoms with Crippen molar-refractivity contribution in [2.45, 2.75) is 27.4 Å². The average Bonchev–Trinajstić information content (AvgIpc) is 3.01. The quantitative estimate of drug-likeness (QED) is 0.544. The standard InChI is InChI=1S/C25H22O3/c1-16-4-8-19(9-5-16)14-23-24(26)21-12-13-22(18(3)25(21)28-23)27-15-20-10-6-17(2)7-11-20/h4-14H,15H2,1-3H3/b23-14-. The van der Waals surface area contributed by atoms with Crippen molar-refractivity contribution < 1.29 is 14.3 Å². The summed E-state index contributed by atoms with van der Waals surface area (Å²) in [5.74, 6) is 1.56. The molecule has 1 aliphatic rings. The van der Waals surface area contributed by atoms with Gasteiger partial charge >= 0.3 is 0 Å². The van der Waals surface area contributed by atoms with Gasteiger partial charge in [0, 0.05) is 5.56 Å². The van der Waals surface area contributed by atoms with Crippen LogP contribution < -0.4 is 9.47 Å². The minimum absolute atomic E-state index is 0.0937. The SMILES string of the molecule is Cc1ccc(/C=C2\Oc3c(ccc(OCc4ccc(C)cc4)c3C)C2=O)cc1. The summed E-state index contributed by atoms with van der Waals surface area (Å²) in [6.07, 6.45) is 1.79. The number of allylic oxidation sites excluding steroid dienone is 1. The van der Waals surface area contributed by atoms with Gasteiger partial charge < -0.3 is 9.47 Å². The lowest BCUT2D eigenvalue weighted by molar-refractivity contribution is 0.101. The summed E-state index contributed by atoms with van der Waals surface area (Å²) in [5, 5.41) is 0. The summed E-state index contributed by atoms with van der Waals surface area (Å²) in [6.45, 7) is 6.49. The lowest BCUT2D eigenvalue weighted by atomic mass is 10.1. The fourth-order valence-electron chi connectivity index (χ4n) is 3.18. The summed E-state index contributed by atoms with van der Waals surface area (Å²) in [7, 11) is 0. The Hall–Kier alpha value is -3.33. The van der Waals surface area contributed by atoms with Gasteiger partial charge in [-0.2, -0.15) is 0 Å². The number of carbonyl (C=O) groups is 1. The van der Waals surface area contributed by atoms with E-state index in [4.69, 9.17) is 9.47 Å². The van der Waals surface area contributed by atoms with E-state index < -0.39 is 0 Å². The highest BCUT2D eigenvalue weighted by atomic mass is 16.5. The van der Waals surface area contributed by atoms with Crippen molar-refractivity contribution in [1.82, 2.24) is 0 Å². The van der Waals surface area contributed by atoms with Crippen molar-refractivity contribution in [1.29, 1.82) is 0 Å². The second-order valence-corrected chi connectivity index (χ2v) is 7.19. The molecule has 0 atom stereocenters. The van der Waals surface area contributed by atoms with Gasteiger partial charge in [0.25, 0.3) is 0 Å². The molecule has 0 saturated carbocycles. The van der Waals surface area contributed by atoms with Gasteiger partial charge in [-0.1, -0.05) is 59.7 Å². The van der Waals surface area contributed by atoms with Crippen LogP contribution >= 0.6 is 0 Å². The van der Waals surface area contributed by atoms with Crippen LogP contribution in [0.3, 0.4) is 0 Å². The van der Waals surface area contributed by atoms with Gasteiger partial charge in [0.1, 0.15) is 18.1 Å². The first-order chi connectivity index (χ1) is 13.5. The molecular weight excluding hydrogens is 348 g/mol. The molecule has 0 amide bonds. The molecule has 0 radical (unpaired) electrons. The van der Waals surface area contributed by atoms with E-state index >= 15 is 0 Å². The molecule has 0 saturated heterocycles. The van der Waals surface area contributed by atoms with E-state index in [9.17, 15) is 4.79 Å². The first-order valence-electron chi connectivity index (χ1n) is 9.34. The Morgan fingerprint density at radius 2 is 1.50 bits per heavy atom. The molecule has 0 aromatic heterocycles. The monoisotopic (exact) mass is 370 g/mol. The van der Waals surface area contributed by atoms with E-state index in [1.807, 2.05) is 44.2 Å². The molecule has 3 heteroatoms. The molecule has 0 fully saturated rings. The Morgan fingerprint density at radius 3 is 2.18 bits per heavy atom. The smallest absolute Gasteiger partial charge is 0.231 e. The molecule has 28 heavy (non-hydrogen) atoms. The first-order valence-corrected chi connectivity index (χ1v) is 9.34. The van der Waals surface area contributed by atoms with Gasteiger partial charge in [0.05, 0.1) is 5.56 Å². The molecule has 3 aromatic carbocycles. The van der Waals surface area contributed by atoms with Gasteiger partial charge in [0.15, 0.2) is 5.76 Å². The summed E-state index contributed by atoms with van der Waals surface area (Å²) in [6, 6.07) is 19.9. The van der Waals surface area contributed by atoms with Crippen molar-refractivity contribution >= 4 is 11.9 Å². The van der Waals surface area contributed by atoms with Crippen LogP contribution in [0.2, 0.25) is 0 Å². The Bertz CT molecular complexity index is 1060. The van der Waals surface area contributed by atoms with Crippen molar-refractivity contribution in [2.24, 2.45) is 0 Å². The van der Waals surface area contributed by atoms with E-state index in [0.29, 0.717) is 23.7 Å². The van der Waals surface area contributed by atoms with E-state index in [0.717, 1.165) is 22.4 Å². The third-order valence-electron chi connectivity index (χ3n) is 4.93. The van der Waals surface area contributed by atoms with Crippen LogP contribution in [0.4, 0.5) is 0 Å². The molecule has 4 rings (SSSR count). The second kappa shape index (κ2) is 7.35. The highest BCUT2D eigenvalue weighted by molar-refractivity contribution is 6.14. The number of Topliss-reactive ketones (excluding diaryl/α,β-unsaturated/α-hetero) is 1. The highest BCUT2D eigenvalue weighted by Crippen LogP contribution is 2.39. The number of hydrogen-bond donors (Lipinski definition) is 0. The molecule has 3 nitrogen and oxygen atoms in total. The van der Waals surface area contributed by atoms with Crippen LogP contribution in [0.15, 0.2) is 66.4 Å². The molecule has 0 unspecified atom stereocenters. The zero-order chi connectivity index (χ0) is 19.7. The number of carbonyl (C=O) groups excluding carboxylic acids is 1. The normalized spacial score (nSPS) is 14.1. The Morgan fingerprint density at radius 1 is 0.857 bits per heavy atom. The predicted molar refractivity (Wildman–Crippen MR) is 111 cm³/mol. The molecule has 1 heterocycles. The van der Waals surface area contributed by atoms with E-state index in [-0.39, 0.29) is 5.78 Å². The number of rotatable bonds is 4. The number of hydrogen-bond acceptors (Lipinski definition) is 3. The third kappa shape index (κ3) is 3.56. The maximum absolute atomic E-state index is 12.7. The lowest BCUT2D eigenvalue weighted by Crippen LogP contribution is -1.98. The molecular formula is C25H22O3. The van der Waals surface area contributed by atoms with Crippen molar-refractivity contribution in [3.63, 3.8) is 0 Å². The van der Waals surface area contributed by atoms with Crippen LogP contribution in [0.5, 0.6) is 11.5 Å². The van der Waals surface area contributed by atoms with Crippen molar-refractivity contribution in [2.75, 3.05) is 0 Å². The van der Waals surface area contributed by atoms with Crippen molar-refractivity contribution in [3.05, 3.63) is 99.8 Å². The molecule has 140 valence electrons. The van der Waals surface area contributed by atoms with Gasteiger partial charge in [-0.3, -0.25) is 4.79 Å². The van der Waals surface area contributed by atoms with Crippen molar-refractivity contribution in [3.8, 4) is 11.5 Å². The van der Waals surface area contributed by atoms with Crippen LogP contribution in [0.1, 0.15) is 38.2 Å². The highest BCUT2D eigenvalue weighted by Gasteiger charge is 2.30. The first kappa shape index (κ1) is 18.1. The van der Waals surface area contributed by atoms with E-state index in [2.05, 4.69) is 31.2 Å². The van der Waals surface area contributed by atoms with Crippen LogP contribution in [-0.2, 0) is 6.61 Å². The zero-order valence-electron chi connectivity index (χ0n) is 16.3. The molecule has 1 aliphatic heterocycles. The van der Waals surface area contributed by atoms with Crippen LogP contribution in [0, 0.1) is 20.8 Å². The summed E-state index contributed by atoms with van der Waals surface area (Å²) < 4.78 is 11.9. The minimum Gasteiger partial charge on any atom is -0.488 e. The summed E-state index contributed by atoms with van der Waals surface area (Å²) in [4.78, 5) is 12.7. The summed E-state index contributed by atoms with van der Waals surface area (Å²) >= 11 is 0. The number of aryl methyl sites for hydroxylation is 2. The molecule has 0 spiro atoms. The maximum atomic E-state index is 12.7. The Kier molecular flexibility index (Phi) is 4.74. The number of ether oxygens (including phenoxy) is 2. The molecule has 0 N–H and O–H groups in total. The second-order valence-electron chi connectivity index (χ2n) is 7.19. The maximum Gasteiger partial charge on any atom is 0.231 e. The van der Waals surface area contributed by atoms with Crippen LogP contribution in [0.25, 0.3) is 6.08 Å². The van der Waals surface area contributed by atoms with E-state index in [1.54, 1.807) is 12.1 Å². The van der Waals surface area contributed by atoms with E-state index in [1.165, 1.54) is 11.1 Å². The molecule has 3 aromatic rings.